The molecule has 0 fully saturated rings. The molecule has 1 N–H and O–H groups in total. The average molecular weight is 386 g/mol. The Morgan fingerprint density at radius 2 is 1.69 bits per heavy atom. The SMILES string of the molecule is N#Cc1cccc(NC(=O)COC(=O)c2ccc(OCc3ccccc3)cc2)c1. The van der Waals surface area contributed by atoms with Gasteiger partial charge >= 0.3 is 5.97 Å². The van der Waals surface area contributed by atoms with Gasteiger partial charge in [0.25, 0.3) is 5.91 Å². The van der Waals surface area contributed by atoms with Gasteiger partial charge in [0.15, 0.2) is 6.61 Å². The van der Waals surface area contributed by atoms with E-state index in [1.165, 1.54) is 6.07 Å². The van der Waals surface area contributed by atoms with E-state index in [-0.39, 0.29) is 0 Å². The van der Waals surface area contributed by atoms with Gasteiger partial charge in [0, 0.05) is 5.69 Å². The van der Waals surface area contributed by atoms with E-state index < -0.39 is 18.5 Å². The first-order valence-corrected chi connectivity index (χ1v) is 8.88. The summed E-state index contributed by atoms with van der Waals surface area (Å²) in [4.78, 5) is 24.0. The number of hydrogen-bond acceptors (Lipinski definition) is 5. The Bertz CT molecular complexity index is 1020. The monoisotopic (exact) mass is 386 g/mol. The molecule has 0 unspecified atom stereocenters. The smallest absolute Gasteiger partial charge is 0.338 e. The van der Waals surface area contributed by atoms with Crippen molar-refractivity contribution < 1.29 is 19.1 Å². The van der Waals surface area contributed by atoms with Crippen molar-refractivity contribution in [1.82, 2.24) is 0 Å². The van der Waals surface area contributed by atoms with Crippen LogP contribution in [0.4, 0.5) is 5.69 Å². The minimum Gasteiger partial charge on any atom is -0.489 e. The highest BCUT2D eigenvalue weighted by Crippen LogP contribution is 2.15. The van der Waals surface area contributed by atoms with Crippen LogP contribution in [-0.2, 0) is 16.1 Å². The van der Waals surface area contributed by atoms with Crippen LogP contribution < -0.4 is 10.1 Å². The van der Waals surface area contributed by atoms with E-state index in [2.05, 4.69) is 5.32 Å². The lowest BCUT2D eigenvalue weighted by Crippen LogP contribution is -2.20. The second-order valence-electron chi connectivity index (χ2n) is 6.12. The topological polar surface area (TPSA) is 88.4 Å². The number of hydrogen-bond donors (Lipinski definition) is 1. The normalized spacial score (nSPS) is 9.90. The average Bonchev–Trinajstić information content (AvgIpc) is 2.77. The largest absolute Gasteiger partial charge is 0.489 e. The maximum absolute atomic E-state index is 12.1. The van der Waals surface area contributed by atoms with Crippen molar-refractivity contribution in [3.8, 4) is 11.8 Å². The summed E-state index contributed by atoms with van der Waals surface area (Å²) in [7, 11) is 0. The number of carbonyl (C=O) groups excluding carboxylic acids is 2. The molecular formula is C23H18N2O4. The number of carbonyl (C=O) groups is 2. The number of nitrogens with one attached hydrogen (secondary N) is 1. The third kappa shape index (κ3) is 5.94. The van der Waals surface area contributed by atoms with Crippen LogP contribution in [0.25, 0.3) is 0 Å². The Labute approximate surface area is 168 Å². The van der Waals surface area contributed by atoms with Gasteiger partial charge in [0.2, 0.25) is 0 Å². The molecule has 1 amide bonds. The molecule has 0 saturated heterocycles. The minimum atomic E-state index is -0.611. The van der Waals surface area contributed by atoms with Crippen molar-refractivity contribution in [2.45, 2.75) is 6.61 Å². The maximum atomic E-state index is 12.1. The number of nitrogens with zero attached hydrogens (tertiary/aromatic N) is 1. The lowest BCUT2D eigenvalue weighted by molar-refractivity contribution is -0.119. The number of esters is 1. The Kier molecular flexibility index (Phi) is 6.58. The first kappa shape index (κ1) is 19.6. The summed E-state index contributed by atoms with van der Waals surface area (Å²) in [6.07, 6.45) is 0. The van der Waals surface area contributed by atoms with Gasteiger partial charge in [-0.1, -0.05) is 36.4 Å². The number of anilines is 1. The van der Waals surface area contributed by atoms with E-state index >= 15 is 0 Å². The summed E-state index contributed by atoms with van der Waals surface area (Å²) in [6.45, 7) is -0.000318. The van der Waals surface area contributed by atoms with Gasteiger partial charge in [-0.2, -0.15) is 5.26 Å². The van der Waals surface area contributed by atoms with Crippen molar-refractivity contribution in [2.75, 3.05) is 11.9 Å². The van der Waals surface area contributed by atoms with Gasteiger partial charge in [-0.15, -0.1) is 0 Å². The highest BCUT2D eigenvalue weighted by atomic mass is 16.5. The molecule has 0 aliphatic carbocycles. The molecule has 6 heteroatoms. The van der Waals surface area contributed by atoms with E-state index in [9.17, 15) is 9.59 Å². The second-order valence-corrected chi connectivity index (χ2v) is 6.12. The minimum absolute atomic E-state index is 0.316. The van der Waals surface area contributed by atoms with Crippen molar-refractivity contribution in [1.29, 1.82) is 5.26 Å². The summed E-state index contributed by atoms with van der Waals surface area (Å²) < 4.78 is 10.7. The van der Waals surface area contributed by atoms with Gasteiger partial charge in [0.1, 0.15) is 12.4 Å². The number of nitriles is 1. The van der Waals surface area contributed by atoms with Crippen LogP contribution in [0.2, 0.25) is 0 Å². The van der Waals surface area contributed by atoms with Gasteiger partial charge in [-0.25, -0.2) is 4.79 Å². The molecular weight excluding hydrogens is 368 g/mol. The first-order chi connectivity index (χ1) is 14.1. The van der Waals surface area contributed by atoms with E-state index in [4.69, 9.17) is 14.7 Å². The molecule has 6 nitrogen and oxygen atoms in total. The van der Waals surface area contributed by atoms with Crippen LogP contribution in [-0.4, -0.2) is 18.5 Å². The van der Waals surface area contributed by atoms with Crippen LogP contribution >= 0.6 is 0 Å². The van der Waals surface area contributed by atoms with Gasteiger partial charge in [-0.05, 0) is 48.0 Å². The van der Waals surface area contributed by atoms with Gasteiger partial charge < -0.3 is 14.8 Å². The fourth-order valence-electron chi connectivity index (χ4n) is 2.51. The number of ether oxygens (including phenoxy) is 2. The zero-order valence-corrected chi connectivity index (χ0v) is 15.5. The highest BCUT2D eigenvalue weighted by molar-refractivity contribution is 5.95. The zero-order valence-electron chi connectivity index (χ0n) is 15.5. The first-order valence-electron chi connectivity index (χ1n) is 8.88. The van der Waals surface area contributed by atoms with E-state index in [0.29, 0.717) is 29.2 Å². The van der Waals surface area contributed by atoms with Gasteiger partial charge in [0.05, 0.1) is 17.2 Å². The molecule has 144 valence electrons. The molecule has 0 aliphatic rings. The van der Waals surface area contributed by atoms with E-state index in [1.54, 1.807) is 42.5 Å². The molecule has 0 bridgehead atoms. The molecule has 0 spiro atoms. The Morgan fingerprint density at radius 1 is 0.931 bits per heavy atom. The predicted octanol–water partition coefficient (Wildman–Crippen LogP) is 3.93. The third-order valence-electron chi connectivity index (χ3n) is 3.95. The van der Waals surface area contributed by atoms with Crippen molar-refractivity contribution in [2.24, 2.45) is 0 Å². The van der Waals surface area contributed by atoms with Gasteiger partial charge in [-0.3, -0.25) is 4.79 Å². The highest BCUT2D eigenvalue weighted by Gasteiger charge is 2.11. The lowest BCUT2D eigenvalue weighted by atomic mass is 10.2. The van der Waals surface area contributed by atoms with E-state index in [0.717, 1.165) is 5.56 Å². The Morgan fingerprint density at radius 3 is 2.41 bits per heavy atom. The molecule has 0 atom stereocenters. The fourth-order valence-corrected chi connectivity index (χ4v) is 2.51. The Balaban J connectivity index is 1.47. The van der Waals surface area contributed by atoms with Crippen LogP contribution in [0.1, 0.15) is 21.5 Å². The summed E-state index contributed by atoms with van der Waals surface area (Å²) in [5.74, 6) is -0.475. The Hall–Kier alpha value is -4.11. The fraction of sp³-hybridized carbons (Fsp3) is 0.0870. The molecule has 29 heavy (non-hydrogen) atoms. The molecule has 0 aliphatic heterocycles. The second kappa shape index (κ2) is 9.72. The molecule has 0 aromatic heterocycles. The summed E-state index contributed by atoms with van der Waals surface area (Å²) in [6, 6.07) is 24.7. The van der Waals surface area contributed by atoms with Crippen molar-refractivity contribution >= 4 is 17.6 Å². The van der Waals surface area contributed by atoms with Crippen LogP contribution in [0.3, 0.4) is 0 Å². The van der Waals surface area contributed by atoms with Crippen LogP contribution in [0.15, 0.2) is 78.9 Å². The van der Waals surface area contributed by atoms with E-state index in [1.807, 2.05) is 36.4 Å². The number of benzene rings is 3. The van der Waals surface area contributed by atoms with Crippen molar-refractivity contribution in [3.63, 3.8) is 0 Å². The number of amides is 1. The zero-order chi connectivity index (χ0) is 20.5. The lowest BCUT2D eigenvalue weighted by Gasteiger charge is -2.08. The van der Waals surface area contributed by atoms with Crippen molar-refractivity contribution in [3.05, 3.63) is 95.6 Å². The molecule has 0 radical (unpaired) electrons. The predicted molar refractivity (Wildman–Crippen MR) is 107 cm³/mol. The molecule has 3 rings (SSSR count). The molecule has 3 aromatic rings. The molecule has 0 saturated carbocycles. The summed E-state index contributed by atoms with van der Waals surface area (Å²) in [5, 5.41) is 11.4. The van der Waals surface area contributed by atoms with Crippen LogP contribution in [0.5, 0.6) is 5.75 Å². The maximum Gasteiger partial charge on any atom is 0.338 e. The molecule has 3 aromatic carbocycles. The molecule has 0 heterocycles. The number of rotatable bonds is 7. The third-order valence-corrected chi connectivity index (χ3v) is 3.95. The quantitative estimate of drug-likeness (QED) is 0.622. The summed E-state index contributed by atoms with van der Waals surface area (Å²) in [5.41, 5.74) is 2.25. The standard InChI is InChI=1S/C23H18N2O4/c24-14-18-7-4-8-20(13-18)25-22(26)16-29-23(27)19-9-11-21(12-10-19)28-15-17-5-2-1-3-6-17/h1-13H,15-16H2,(H,25,26). The van der Waals surface area contributed by atoms with Crippen LogP contribution in [0, 0.1) is 11.3 Å². The summed E-state index contributed by atoms with van der Waals surface area (Å²) >= 11 is 0.